The molecule has 25 nitrogen and oxygen atoms in total. The number of hydrogen-bond donors (Lipinski definition) is 12. The van der Waals surface area contributed by atoms with Crippen molar-refractivity contribution in [1.29, 1.82) is 0 Å². The number of anilines is 4. The van der Waals surface area contributed by atoms with Gasteiger partial charge in [0.25, 0.3) is 23.6 Å². The molecule has 4 aromatic heterocycles. The summed E-state index contributed by atoms with van der Waals surface area (Å²) in [6.07, 6.45) is 10.8. The van der Waals surface area contributed by atoms with Crippen molar-refractivity contribution in [3.8, 4) is 28.5 Å². The fourth-order valence-electron chi connectivity index (χ4n) is 18.2. The van der Waals surface area contributed by atoms with Crippen molar-refractivity contribution in [1.82, 2.24) is 60.4 Å². The molecule has 4 aliphatic carbocycles. The predicted octanol–water partition coefficient (Wildman–Crippen LogP) is 21.7. The van der Waals surface area contributed by atoms with Gasteiger partial charge < -0.3 is 70.2 Å². The summed E-state index contributed by atoms with van der Waals surface area (Å²) in [6.45, 7) is 18.6. The maximum atomic E-state index is 15.0. The first-order valence-electron chi connectivity index (χ1n) is 51.4. The minimum atomic E-state index is -0.512. The Kier molecular flexibility index (Phi) is 34.7. The van der Waals surface area contributed by atoms with Gasteiger partial charge in [-0.25, -0.2) is 36.3 Å². The van der Waals surface area contributed by atoms with Crippen LogP contribution in [0.2, 0.25) is 0 Å². The summed E-state index contributed by atoms with van der Waals surface area (Å²) in [5.74, 6) is -0.277. The first-order valence-corrected chi connectivity index (χ1v) is 51.4. The average Bonchev–Trinajstić information content (AvgIpc) is 1.57. The topological polar surface area (TPSA) is 349 Å². The Labute approximate surface area is 872 Å². The molecule has 4 amide bonds. The summed E-state index contributed by atoms with van der Waals surface area (Å²) >= 11 is 0. The van der Waals surface area contributed by atoms with Crippen LogP contribution in [0.25, 0.3) is 22.7 Å². The summed E-state index contributed by atoms with van der Waals surface area (Å²) in [4.78, 5) is 53.5. The quantitative estimate of drug-likeness (QED) is 0.0160. The Hall–Kier alpha value is -15.4. The number of rotatable bonds is 38. The monoisotopic (exact) mass is 2020 g/mol. The van der Waals surface area contributed by atoms with Gasteiger partial charge in [0.2, 0.25) is 0 Å². The van der Waals surface area contributed by atoms with E-state index in [4.69, 9.17) is 27.7 Å². The summed E-state index contributed by atoms with van der Waals surface area (Å²) < 4.78 is 71.6. The largest absolute Gasteiger partial charge is 0.497 e. The summed E-state index contributed by atoms with van der Waals surface area (Å²) in [5.41, 5.74) is 45.7. The van der Waals surface area contributed by atoms with Crippen LogP contribution in [-0.4, -0.2) is 96.0 Å². The van der Waals surface area contributed by atoms with Crippen LogP contribution in [0.3, 0.4) is 0 Å². The number of carbonyl (C=O) groups excluding carboxylic acids is 4. The van der Waals surface area contributed by atoms with Crippen LogP contribution in [-0.2, 0) is 32.6 Å². The van der Waals surface area contributed by atoms with Crippen molar-refractivity contribution in [2.24, 2.45) is 46.6 Å². The van der Waals surface area contributed by atoms with E-state index in [1.54, 1.807) is 98.6 Å². The number of halogens is 4. The van der Waals surface area contributed by atoms with E-state index in [1.165, 1.54) is 86.8 Å². The standard InChI is InChI=1S/C31H34FN5O.C30H32FN5O2.2C30H32FN5O/c1-3-21-9-11-24(12-10-21)30(34-19-22-7-8-22)25-13-14-27(32)28(17-25)35-31(38)29-15-20(2)36-37(29)26-6-4-5-23(16-26)18-33;1-19-13-28(36(35-19)24-7-3-5-21(14-24)17-32)30(37)34-27-16-23(11-12-26(27)31)29(33-18-20-9-10-20)22-6-4-8-25(15-22)38-2;1-19-5-3-7-23(13-19)29(33-18-21-9-10-21)24-11-12-26(31)27(16-24)34-30(37)28-14-20(2)35-36(28)25-8-4-6-22(15-25)17-32;1-19-6-10-23(11-7-19)29(33-18-21-8-9-21)24-12-13-26(31)27(16-24)34-30(37)28-14-20(2)35-36(28)25-5-3-4-22(15-25)17-32/h4-6,9-17,22,30,34H,3,7-8,18-19,33H2,1-2H3,(H,35,38);3-8,11-16,20,29,33H,9-10,17-18,32H2,1-2H3,(H,34,37);3-8,11-16,21,29,33H,9-10,17-18,32H2,1-2H3,(H,34,37);3-7,10-16,21,29,33H,8-9,17-18,32H2,1-2H3,(H,34,37). The van der Waals surface area contributed by atoms with Crippen LogP contribution in [0.4, 0.5) is 40.3 Å². The van der Waals surface area contributed by atoms with Crippen LogP contribution >= 0.6 is 0 Å². The highest BCUT2D eigenvalue weighted by atomic mass is 19.1. The van der Waals surface area contributed by atoms with E-state index in [9.17, 15) is 36.7 Å². The van der Waals surface area contributed by atoms with Gasteiger partial charge in [0.05, 0.1) is 99.6 Å². The number of aromatic nitrogens is 8. The highest BCUT2D eigenvalue weighted by Crippen LogP contribution is 2.39. The van der Waals surface area contributed by atoms with E-state index in [-0.39, 0.29) is 46.9 Å². The van der Waals surface area contributed by atoms with Gasteiger partial charge in [-0.1, -0.05) is 176 Å². The molecule has 772 valence electrons. The van der Waals surface area contributed by atoms with Gasteiger partial charge in [0, 0.05) is 26.2 Å². The van der Waals surface area contributed by atoms with Gasteiger partial charge in [-0.05, 0) is 355 Å². The maximum absolute atomic E-state index is 15.0. The first kappa shape index (κ1) is 106. The Morgan fingerprint density at radius 3 is 0.833 bits per heavy atom. The molecular weight excluding hydrogens is 1890 g/mol. The lowest BCUT2D eigenvalue weighted by atomic mass is 9.96. The Bertz CT molecular complexity index is 7450. The number of methoxy groups -OCH3 is 1. The van der Waals surface area contributed by atoms with Gasteiger partial charge in [0.1, 0.15) is 51.8 Å². The molecule has 12 aromatic carbocycles. The number of hydrogen-bond acceptors (Lipinski definition) is 17. The molecule has 4 fully saturated rings. The number of carbonyl (C=O) groups is 4. The molecule has 0 bridgehead atoms. The van der Waals surface area contributed by atoms with Crippen LogP contribution in [0.15, 0.2) is 291 Å². The minimum absolute atomic E-state index is 0.106. The van der Waals surface area contributed by atoms with Crippen molar-refractivity contribution < 1.29 is 41.5 Å². The van der Waals surface area contributed by atoms with Gasteiger partial charge in [-0.2, -0.15) is 20.4 Å². The van der Waals surface area contributed by atoms with E-state index >= 15 is 0 Å². The highest BCUT2D eigenvalue weighted by Gasteiger charge is 2.32. The molecule has 4 heterocycles. The molecule has 0 saturated heterocycles. The minimum Gasteiger partial charge on any atom is -0.497 e. The zero-order valence-electron chi connectivity index (χ0n) is 85.8. The molecule has 29 heteroatoms. The van der Waals surface area contributed by atoms with Crippen molar-refractivity contribution in [2.45, 2.75) is 157 Å². The number of benzene rings is 12. The number of nitrogens with zero attached hydrogens (tertiary/aromatic N) is 8. The number of aryl methyl sites for hydroxylation is 7. The molecule has 0 radical (unpaired) electrons. The second-order valence-corrected chi connectivity index (χ2v) is 39.4. The summed E-state index contributed by atoms with van der Waals surface area (Å²) in [6, 6.07) is 89.1. The van der Waals surface area contributed by atoms with E-state index in [2.05, 4.69) is 150 Å². The van der Waals surface area contributed by atoms with Gasteiger partial charge in [0.15, 0.2) is 0 Å². The zero-order chi connectivity index (χ0) is 105. The summed E-state index contributed by atoms with van der Waals surface area (Å²) in [5, 5.41) is 43.7. The van der Waals surface area contributed by atoms with Crippen LogP contribution in [0, 0.1) is 88.5 Å². The van der Waals surface area contributed by atoms with Gasteiger partial charge in [-0.3, -0.25) is 19.2 Å². The molecule has 4 atom stereocenters. The average molecular weight is 2020 g/mol. The third-order valence-electron chi connectivity index (χ3n) is 27.3. The number of nitrogens with one attached hydrogen (secondary N) is 8. The SMILES string of the molecule is CCc1ccc(C(NCC2CC2)c2ccc(F)c(NC(=O)c3cc(C)nn3-c3cccc(CN)c3)c2)cc1.COc1cccc(C(NCC2CC2)c2ccc(F)c(NC(=O)c3cc(C)nn3-c3cccc(CN)c3)c2)c1.Cc1ccc(C(NCC2CC2)c2ccc(F)c(NC(=O)c3cc(C)nn3-c3cccc(CN)c3)c2)cc1.Cc1cccc(C(NCC2CC2)c2ccc(F)c(NC(=O)c3cc(C)nn3-c3cccc(CN)c3)c2)c1. The lowest BCUT2D eigenvalue weighted by Gasteiger charge is -2.21. The molecule has 4 saturated carbocycles. The first-order chi connectivity index (χ1) is 72.7. The second kappa shape index (κ2) is 49.1. The molecule has 4 aliphatic rings. The van der Waals surface area contributed by atoms with Crippen molar-refractivity contribution in [3.63, 3.8) is 0 Å². The lowest BCUT2D eigenvalue weighted by molar-refractivity contribution is 0.101. The van der Waals surface area contributed by atoms with E-state index < -0.39 is 46.9 Å². The van der Waals surface area contributed by atoms with Crippen molar-refractivity contribution in [2.75, 3.05) is 54.6 Å². The third-order valence-corrected chi connectivity index (χ3v) is 27.3. The molecule has 16 aromatic rings. The Morgan fingerprint density at radius 1 is 0.300 bits per heavy atom. The molecule has 0 spiro atoms. The molecule has 150 heavy (non-hydrogen) atoms. The van der Waals surface area contributed by atoms with E-state index in [1.807, 2.05) is 155 Å². The normalized spacial score (nSPS) is 13.9. The highest BCUT2D eigenvalue weighted by molar-refractivity contribution is 6.06. The molecule has 16 N–H and O–H groups in total. The second-order valence-electron chi connectivity index (χ2n) is 39.4. The van der Waals surface area contributed by atoms with Crippen LogP contribution in [0.5, 0.6) is 5.75 Å². The van der Waals surface area contributed by atoms with Gasteiger partial charge >= 0.3 is 0 Å². The Morgan fingerprint density at radius 2 is 0.560 bits per heavy atom. The number of amides is 4. The molecule has 20 rings (SSSR count). The maximum Gasteiger partial charge on any atom is 0.274 e. The fourth-order valence-corrected chi connectivity index (χ4v) is 18.2. The lowest BCUT2D eigenvalue weighted by Crippen LogP contribution is -2.25. The third kappa shape index (κ3) is 27.6. The zero-order valence-corrected chi connectivity index (χ0v) is 85.8. The van der Waals surface area contributed by atoms with Crippen molar-refractivity contribution in [3.05, 3.63) is 443 Å². The molecule has 4 unspecified atom stereocenters. The summed E-state index contributed by atoms with van der Waals surface area (Å²) in [7, 11) is 1.63. The molecular formula is C121H130F4N20O5. The number of ether oxygens (including phenoxy) is 1. The van der Waals surface area contributed by atoms with Crippen LogP contribution in [0.1, 0.15) is 231 Å². The molecule has 0 aliphatic heterocycles. The van der Waals surface area contributed by atoms with Crippen molar-refractivity contribution >= 4 is 46.4 Å². The van der Waals surface area contributed by atoms with E-state index in [0.29, 0.717) is 101 Å². The van der Waals surface area contributed by atoms with E-state index in [0.717, 1.165) is 128 Å². The van der Waals surface area contributed by atoms with Gasteiger partial charge in [-0.15, -0.1) is 0 Å². The Balaban J connectivity index is 0.000000136. The smallest absolute Gasteiger partial charge is 0.274 e. The fraction of sp³-hybridized carbons (Fsp3) is 0.273. The predicted molar refractivity (Wildman–Crippen MR) is 584 cm³/mol. The van der Waals surface area contributed by atoms with Crippen LogP contribution < -0.4 is 70.2 Å². The number of nitrogens with two attached hydrogens (primary N) is 4.